The molecule has 0 spiro atoms. The molecule has 14 heteroatoms. The summed E-state index contributed by atoms with van der Waals surface area (Å²) in [6.07, 6.45) is 2.55. The molecule has 0 saturated carbocycles. The number of benzene rings is 2. The van der Waals surface area contributed by atoms with E-state index in [1.807, 2.05) is 20.8 Å². The smallest absolute Gasteiger partial charge is 0.246 e. The maximum Gasteiger partial charge on any atom is 0.246 e. The van der Waals surface area contributed by atoms with Crippen LogP contribution in [0.2, 0.25) is 5.02 Å². The van der Waals surface area contributed by atoms with Crippen LogP contribution in [0.4, 0.5) is 15.9 Å². The first-order valence-corrected chi connectivity index (χ1v) is 15.6. The third kappa shape index (κ3) is 9.28. The number of aromatic nitrogens is 2. The Hall–Kier alpha value is -3.58. The van der Waals surface area contributed by atoms with Crippen LogP contribution in [0.5, 0.6) is 5.75 Å². The second-order valence-electron chi connectivity index (χ2n) is 12.4. The van der Waals surface area contributed by atoms with Gasteiger partial charge in [-0.05, 0) is 56.5 Å². The summed E-state index contributed by atoms with van der Waals surface area (Å²) in [4.78, 5) is 51.0. The zero-order chi connectivity index (χ0) is 33.6. The van der Waals surface area contributed by atoms with Crippen LogP contribution in [0.25, 0.3) is 10.9 Å². The second kappa shape index (κ2) is 16.5. The number of Topliss-reactive ketones (excluding diaryl/α,β-unsaturated/α-hetero) is 1. The molecule has 1 saturated heterocycles. The van der Waals surface area contributed by atoms with Crippen molar-refractivity contribution in [2.75, 3.05) is 39.2 Å². The minimum absolute atomic E-state index is 0. The van der Waals surface area contributed by atoms with Crippen LogP contribution in [-0.4, -0.2) is 84.5 Å². The Bertz CT molecular complexity index is 1590. The summed E-state index contributed by atoms with van der Waals surface area (Å²) in [5.74, 6) is -0.372. The van der Waals surface area contributed by atoms with Crippen molar-refractivity contribution in [2.24, 2.45) is 5.41 Å². The molecule has 2 amide bonds. The summed E-state index contributed by atoms with van der Waals surface area (Å²) in [6.45, 7) is 8.38. The molecular weight excluding hydrogens is 650 g/mol. The van der Waals surface area contributed by atoms with E-state index in [2.05, 4.69) is 25.9 Å². The topological polar surface area (TPSA) is 135 Å². The lowest BCUT2D eigenvalue weighted by atomic mass is 9.85. The number of carbonyl (C=O) groups is 3. The number of likely N-dealkylation sites (N-methyl/N-ethyl adjacent to an activating group) is 1. The fourth-order valence-corrected chi connectivity index (χ4v) is 5.51. The predicted octanol–water partition coefficient (Wildman–Crippen LogP) is 4.85. The maximum atomic E-state index is 14.0. The average molecular weight is 694 g/mol. The van der Waals surface area contributed by atoms with E-state index in [0.29, 0.717) is 59.7 Å². The highest BCUT2D eigenvalue weighted by molar-refractivity contribution is 6.31. The molecule has 3 aromatic rings. The van der Waals surface area contributed by atoms with Crippen molar-refractivity contribution in [3.05, 3.63) is 53.1 Å². The van der Waals surface area contributed by atoms with Crippen molar-refractivity contribution < 1.29 is 28.2 Å². The molecule has 1 fully saturated rings. The summed E-state index contributed by atoms with van der Waals surface area (Å²) in [7, 11) is 3.25. The van der Waals surface area contributed by atoms with Crippen molar-refractivity contribution in [1.29, 1.82) is 0 Å². The summed E-state index contributed by atoms with van der Waals surface area (Å²) in [6, 6.07) is 5.82. The van der Waals surface area contributed by atoms with E-state index in [4.69, 9.17) is 21.1 Å². The lowest BCUT2D eigenvalue weighted by Gasteiger charge is -2.36. The third-order valence-electron chi connectivity index (χ3n) is 8.04. The fourth-order valence-electron chi connectivity index (χ4n) is 5.33. The number of ether oxygens (including phenoxy) is 2. The van der Waals surface area contributed by atoms with E-state index in [0.717, 1.165) is 0 Å². The first kappa shape index (κ1) is 37.9. The lowest BCUT2D eigenvalue weighted by molar-refractivity contribution is -0.143. The van der Waals surface area contributed by atoms with Gasteiger partial charge in [0.25, 0.3) is 0 Å². The largest absolute Gasteiger partial charge is 0.491 e. The van der Waals surface area contributed by atoms with Crippen LogP contribution in [0.3, 0.4) is 0 Å². The van der Waals surface area contributed by atoms with Gasteiger partial charge in [-0.3, -0.25) is 14.4 Å². The number of amides is 2. The number of anilines is 2. The van der Waals surface area contributed by atoms with Gasteiger partial charge in [0.05, 0.1) is 29.2 Å². The maximum absolute atomic E-state index is 14.0. The number of methoxy groups -OCH3 is 1. The third-order valence-corrected chi connectivity index (χ3v) is 8.33. The molecule has 4 rings (SSSR count). The number of nitrogens with one attached hydrogen (secondary N) is 3. The number of hydrogen-bond donors (Lipinski definition) is 3. The molecule has 1 aromatic heterocycles. The highest BCUT2D eigenvalue weighted by Gasteiger charge is 2.42. The molecule has 256 valence electrons. The van der Waals surface area contributed by atoms with Gasteiger partial charge in [0.15, 0.2) is 5.78 Å². The number of fused-ring (bicyclic) bond motifs is 1. The Kier molecular flexibility index (Phi) is 13.3. The first-order chi connectivity index (χ1) is 21.8. The SMILES string of the molecule is CN[C@@H](C)C(=O)N[C@H](C(=O)N1CCC[C@H]1C(=O)Cc1cc2c(Nc3ccc(F)c(Cl)c3)ncnc2cc1OCCOC)C(C)(C)C.Cl. The molecule has 0 radical (unpaired) electrons. The molecule has 0 unspecified atom stereocenters. The number of likely N-dealkylation sites (tertiary alicyclic amines) is 1. The molecule has 3 N–H and O–H groups in total. The number of halogens is 3. The van der Waals surface area contributed by atoms with E-state index < -0.39 is 29.4 Å². The highest BCUT2D eigenvalue weighted by atomic mass is 35.5. The molecule has 2 heterocycles. The van der Waals surface area contributed by atoms with Crippen LogP contribution in [0, 0.1) is 11.2 Å². The molecular formula is C33H43Cl2FN6O5. The van der Waals surface area contributed by atoms with Crippen LogP contribution in [-0.2, 0) is 25.5 Å². The molecule has 3 atom stereocenters. The van der Waals surface area contributed by atoms with Gasteiger partial charge >= 0.3 is 0 Å². The van der Waals surface area contributed by atoms with E-state index >= 15 is 0 Å². The van der Waals surface area contributed by atoms with Gasteiger partial charge in [-0.1, -0.05) is 32.4 Å². The van der Waals surface area contributed by atoms with Gasteiger partial charge < -0.3 is 30.3 Å². The monoisotopic (exact) mass is 692 g/mol. The van der Waals surface area contributed by atoms with Crippen molar-refractivity contribution in [3.63, 3.8) is 0 Å². The van der Waals surface area contributed by atoms with Gasteiger partial charge in [-0.2, -0.15) is 0 Å². The van der Waals surface area contributed by atoms with E-state index in [1.165, 1.54) is 18.5 Å². The normalized spacial score (nSPS) is 15.9. The molecule has 2 aromatic carbocycles. The van der Waals surface area contributed by atoms with Gasteiger partial charge in [0.2, 0.25) is 11.8 Å². The minimum atomic E-state index is -0.816. The number of nitrogens with zero attached hydrogens (tertiary/aromatic N) is 3. The lowest BCUT2D eigenvalue weighted by Crippen LogP contribution is -2.58. The summed E-state index contributed by atoms with van der Waals surface area (Å²) < 4.78 is 24.9. The number of rotatable bonds is 13. The molecule has 0 bridgehead atoms. The van der Waals surface area contributed by atoms with Crippen LogP contribution in [0.1, 0.15) is 46.1 Å². The van der Waals surface area contributed by atoms with Crippen molar-refractivity contribution in [3.8, 4) is 5.75 Å². The molecule has 1 aliphatic heterocycles. The van der Waals surface area contributed by atoms with E-state index in [9.17, 15) is 18.8 Å². The second-order valence-corrected chi connectivity index (χ2v) is 12.9. The van der Waals surface area contributed by atoms with Gasteiger partial charge in [-0.15, -0.1) is 12.4 Å². The summed E-state index contributed by atoms with van der Waals surface area (Å²) in [5.41, 5.74) is 1.09. The quantitative estimate of drug-likeness (QED) is 0.215. The number of ketones is 1. The standard InChI is InChI=1S/C33H42ClFN6O5.ClH/c1-19(36-5)31(43)40-29(33(2,3)4)32(44)41-11-7-8-26(41)27(42)15-20-14-22-25(17-28(20)46-13-12-45-6)37-18-38-30(22)39-21-9-10-24(35)23(34)16-21;/h9-10,14,16-19,26,29,36H,7-8,11-13,15H2,1-6H3,(H,40,43)(H,37,38,39);1H/t19-,26-,29+;/m0./s1. The predicted molar refractivity (Wildman–Crippen MR) is 182 cm³/mol. The minimum Gasteiger partial charge on any atom is -0.491 e. The van der Waals surface area contributed by atoms with Crippen LogP contribution in [0.15, 0.2) is 36.7 Å². The molecule has 11 nitrogen and oxygen atoms in total. The summed E-state index contributed by atoms with van der Waals surface area (Å²) >= 11 is 5.98. The Labute approximate surface area is 285 Å². The van der Waals surface area contributed by atoms with Gasteiger partial charge in [0, 0.05) is 42.8 Å². The van der Waals surface area contributed by atoms with Crippen molar-refractivity contribution in [1.82, 2.24) is 25.5 Å². The van der Waals surface area contributed by atoms with E-state index in [1.54, 1.807) is 44.2 Å². The van der Waals surface area contributed by atoms with Gasteiger partial charge in [-0.25, -0.2) is 14.4 Å². The zero-order valence-electron chi connectivity index (χ0n) is 27.5. The van der Waals surface area contributed by atoms with Crippen LogP contribution < -0.4 is 20.7 Å². The fraction of sp³-hybridized carbons (Fsp3) is 0.485. The van der Waals surface area contributed by atoms with Crippen molar-refractivity contribution in [2.45, 2.75) is 65.1 Å². The Balaban J connectivity index is 0.00000600. The molecule has 1 aliphatic rings. The van der Waals surface area contributed by atoms with E-state index in [-0.39, 0.29) is 48.1 Å². The Morgan fingerprint density at radius 3 is 2.55 bits per heavy atom. The number of carbonyl (C=O) groups excluding carboxylic acids is 3. The summed E-state index contributed by atoms with van der Waals surface area (Å²) in [5, 5.41) is 9.53. The van der Waals surface area contributed by atoms with Gasteiger partial charge in [0.1, 0.15) is 36.4 Å². The average Bonchev–Trinajstić information content (AvgIpc) is 3.51. The van der Waals surface area contributed by atoms with Crippen LogP contribution >= 0.6 is 24.0 Å². The Morgan fingerprint density at radius 1 is 1.15 bits per heavy atom. The zero-order valence-corrected chi connectivity index (χ0v) is 29.1. The first-order valence-electron chi connectivity index (χ1n) is 15.3. The Morgan fingerprint density at radius 2 is 1.89 bits per heavy atom. The van der Waals surface area contributed by atoms with Crippen molar-refractivity contribution >= 4 is 64.0 Å². The number of hydrogen-bond acceptors (Lipinski definition) is 9. The molecule has 47 heavy (non-hydrogen) atoms. The molecule has 0 aliphatic carbocycles. The highest BCUT2D eigenvalue weighted by Crippen LogP contribution is 2.33.